The number of fused-ring (bicyclic) bond motifs is 1. The average Bonchev–Trinajstić information content (AvgIpc) is 3.65. The molecule has 2 heterocycles. The van der Waals surface area contributed by atoms with E-state index < -0.39 is 58.3 Å². The van der Waals surface area contributed by atoms with Gasteiger partial charge in [-0.3, -0.25) is 33.8 Å². The monoisotopic (exact) mass is 730 g/mol. The van der Waals surface area contributed by atoms with E-state index in [1.807, 2.05) is 78.8 Å². The van der Waals surface area contributed by atoms with E-state index in [1.54, 1.807) is 6.92 Å². The van der Waals surface area contributed by atoms with Gasteiger partial charge < -0.3 is 15.3 Å². The summed E-state index contributed by atoms with van der Waals surface area (Å²) in [6.45, 7) is 14.8. The zero-order valence-corrected chi connectivity index (χ0v) is 32.6. The van der Waals surface area contributed by atoms with Gasteiger partial charge in [-0.15, -0.1) is 0 Å². The predicted octanol–water partition coefficient (Wildman–Crippen LogP) is 5.55. The lowest BCUT2D eigenvalue weighted by atomic mass is 9.81. The van der Waals surface area contributed by atoms with Crippen molar-refractivity contribution in [3.05, 3.63) is 60.2 Å². The molecule has 8 atom stereocenters. The van der Waals surface area contributed by atoms with E-state index in [0.29, 0.717) is 25.7 Å². The minimum atomic E-state index is -1.11. The highest BCUT2D eigenvalue weighted by Crippen LogP contribution is 2.49. The number of aliphatic hydroxyl groups is 1. The molecule has 4 rings (SSSR count). The largest absolute Gasteiger partial charge is 0.390 e. The molecule has 1 aromatic heterocycles. The SMILES string of the molecule is CCCC(CC(=O)C1[C@H]2CC[C@@](C)(O)[C@H]2CN1C(=O)[C@@H](NC(=O)[C@H](CC(=O)c1cnccn1)C(C)C)C(C)(C)C)C(=O)C(=O)C[C@@H](C)c1ccccc1. The van der Waals surface area contributed by atoms with Crippen molar-refractivity contribution in [2.75, 3.05) is 6.54 Å². The van der Waals surface area contributed by atoms with E-state index in [2.05, 4.69) is 15.3 Å². The summed E-state index contributed by atoms with van der Waals surface area (Å²) in [6, 6.07) is 7.53. The van der Waals surface area contributed by atoms with Crippen LogP contribution in [0.2, 0.25) is 0 Å². The second-order valence-electron chi connectivity index (χ2n) is 16.9. The summed E-state index contributed by atoms with van der Waals surface area (Å²) < 4.78 is 0. The maximum Gasteiger partial charge on any atom is 0.246 e. The first kappa shape index (κ1) is 41.6. The van der Waals surface area contributed by atoms with E-state index in [0.717, 1.165) is 5.56 Å². The zero-order valence-electron chi connectivity index (χ0n) is 32.6. The van der Waals surface area contributed by atoms with E-state index in [-0.39, 0.29) is 66.7 Å². The second kappa shape index (κ2) is 17.3. The minimum absolute atomic E-state index is 0.0353. The number of nitrogens with one attached hydrogen (secondary N) is 1. The lowest BCUT2D eigenvalue weighted by molar-refractivity contribution is -0.146. The van der Waals surface area contributed by atoms with Gasteiger partial charge in [0.15, 0.2) is 17.3 Å². The Kier molecular flexibility index (Phi) is 13.6. The summed E-state index contributed by atoms with van der Waals surface area (Å²) in [5, 5.41) is 14.3. The number of carbonyl (C=O) groups is 6. The van der Waals surface area contributed by atoms with Crippen LogP contribution in [0.25, 0.3) is 0 Å². The first-order chi connectivity index (χ1) is 24.9. The number of ketones is 4. The number of likely N-dealkylation sites (tertiary alicyclic amines) is 1. The topological polar surface area (TPSA) is 164 Å². The third-order valence-corrected chi connectivity index (χ3v) is 11.4. The summed E-state index contributed by atoms with van der Waals surface area (Å²) in [5.41, 5.74) is -0.795. The second-order valence-corrected chi connectivity index (χ2v) is 16.9. The maximum absolute atomic E-state index is 14.7. The molecule has 1 saturated heterocycles. The number of Topliss-reactive ketones (excluding diaryl/α,β-unsaturated/α-hetero) is 4. The van der Waals surface area contributed by atoms with Crippen molar-refractivity contribution in [3.8, 4) is 0 Å². The first-order valence-corrected chi connectivity index (χ1v) is 19.1. The van der Waals surface area contributed by atoms with Gasteiger partial charge >= 0.3 is 0 Å². The normalized spacial score (nSPS) is 23.5. The molecule has 1 aliphatic carbocycles. The Morgan fingerprint density at radius 2 is 1.68 bits per heavy atom. The van der Waals surface area contributed by atoms with Crippen molar-refractivity contribution >= 4 is 34.9 Å². The van der Waals surface area contributed by atoms with Crippen molar-refractivity contribution < 1.29 is 33.9 Å². The molecule has 1 saturated carbocycles. The molecule has 2 aliphatic rings. The summed E-state index contributed by atoms with van der Waals surface area (Å²) >= 11 is 0. The summed E-state index contributed by atoms with van der Waals surface area (Å²) in [7, 11) is 0. The fourth-order valence-corrected chi connectivity index (χ4v) is 8.20. The molecule has 2 aromatic rings. The van der Waals surface area contributed by atoms with Crippen LogP contribution in [0.4, 0.5) is 0 Å². The molecule has 2 fully saturated rings. The van der Waals surface area contributed by atoms with Gasteiger partial charge in [-0.1, -0.05) is 85.2 Å². The number of hydrogen-bond donors (Lipinski definition) is 2. The number of nitrogens with zero attached hydrogens (tertiary/aromatic N) is 3. The molecule has 11 nitrogen and oxygen atoms in total. The summed E-state index contributed by atoms with van der Waals surface area (Å²) in [5.74, 6) is -5.35. The smallest absolute Gasteiger partial charge is 0.246 e. The van der Waals surface area contributed by atoms with Gasteiger partial charge in [-0.25, -0.2) is 4.98 Å². The highest BCUT2D eigenvalue weighted by Gasteiger charge is 2.58. The fourth-order valence-electron chi connectivity index (χ4n) is 8.20. The molecule has 2 amide bonds. The van der Waals surface area contributed by atoms with E-state index >= 15 is 0 Å². The van der Waals surface area contributed by atoms with Gasteiger partial charge in [0.1, 0.15) is 11.7 Å². The van der Waals surface area contributed by atoms with Gasteiger partial charge in [0.25, 0.3) is 0 Å². The number of carbonyl (C=O) groups excluding carboxylic acids is 6. The molecule has 0 radical (unpaired) electrons. The van der Waals surface area contributed by atoms with Gasteiger partial charge in [0, 0.05) is 56.0 Å². The Morgan fingerprint density at radius 3 is 2.26 bits per heavy atom. The van der Waals surface area contributed by atoms with Crippen molar-refractivity contribution in [1.29, 1.82) is 0 Å². The van der Waals surface area contributed by atoms with Crippen LogP contribution in [0.3, 0.4) is 0 Å². The van der Waals surface area contributed by atoms with Crippen molar-refractivity contribution in [2.45, 2.75) is 124 Å². The van der Waals surface area contributed by atoms with Crippen LogP contribution < -0.4 is 5.32 Å². The highest BCUT2D eigenvalue weighted by molar-refractivity contribution is 6.38. The van der Waals surface area contributed by atoms with E-state index in [4.69, 9.17) is 0 Å². The van der Waals surface area contributed by atoms with Crippen LogP contribution in [0.15, 0.2) is 48.9 Å². The van der Waals surface area contributed by atoms with Crippen LogP contribution in [0.1, 0.15) is 122 Å². The van der Waals surface area contributed by atoms with Gasteiger partial charge in [-0.2, -0.15) is 0 Å². The Hall–Kier alpha value is -4.12. The molecule has 1 aromatic carbocycles. The highest BCUT2D eigenvalue weighted by atomic mass is 16.3. The quantitative estimate of drug-likeness (QED) is 0.157. The van der Waals surface area contributed by atoms with Crippen molar-refractivity contribution in [3.63, 3.8) is 0 Å². The lowest BCUT2D eigenvalue weighted by Gasteiger charge is -2.37. The molecule has 1 aliphatic heterocycles. The summed E-state index contributed by atoms with van der Waals surface area (Å²) in [4.78, 5) is 92.6. The maximum atomic E-state index is 14.7. The van der Waals surface area contributed by atoms with Crippen molar-refractivity contribution in [2.24, 2.45) is 35.0 Å². The Morgan fingerprint density at radius 1 is 1.00 bits per heavy atom. The number of aromatic nitrogens is 2. The molecule has 0 bridgehead atoms. The molecular formula is C42H58N4O7. The average molecular weight is 731 g/mol. The van der Waals surface area contributed by atoms with Crippen LogP contribution in [0.5, 0.6) is 0 Å². The zero-order chi connectivity index (χ0) is 39.2. The van der Waals surface area contributed by atoms with Crippen LogP contribution >= 0.6 is 0 Å². The Balaban J connectivity index is 1.57. The molecule has 0 spiro atoms. The third kappa shape index (κ3) is 9.90. The molecule has 2 unspecified atom stereocenters. The van der Waals surface area contributed by atoms with E-state index in [9.17, 15) is 33.9 Å². The van der Waals surface area contributed by atoms with Gasteiger partial charge in [-0.05, 0) is 54.9 Å². The fraction of sp³-hybridized carbons (Fsp3) is 0.619. The lowest BCUT2D eigenvalue weighted by Crippen LogP contribution is -2.58. The minimum Gasteiger partial charge on any atom is -0.390 e. The number of benzene rings is 1. The van der Waals surface area contributed by atoms with Crippen molar-refractivity contribution in [1.82, 2.24) is 20.2 Å². The molecule has 53 heavy (non-hydrogen) atoms. The molecule has 288 valence electrons. The Bertz CT molecular complexity index is 1640. The van der Waals surface area contributed by atoms with Gasteiger partial charge in [0.2, 0.25) is 17.6 Å². The predicted molar refractivity (Wildman–Crippen MR) is 201 cm³/mol. The molecular weight excluding hydrogens is 672 g/mol. The third-order valence-electron chi connectivity index (χ3n) is 11.4. The number of amides is 2. The van der Waals surface area contributed by atoms with Crippen LogP contribution in [0, 0.1) is 35.0 Å². The van der Waals surface area contributed by atoms with E-state index in [1.165, 1.54) is 23.5 Å². The molecule has 11 heteroatoms. The standard InChI is InChI=1S/C42H58N4O7/c1-9-13-28(37(50)35(49)20-26(4)27-14-11-10-12-15-27)21-34(48)36-29-16-17-42(8,53)31(29)24-46(36)40(52)38(41(5,6)7)45-39(51)30(25(2)3)22-33(47)32-23-43-18-19-44-32/h10-12,14-15,18-19,23,25-26,28-31,36,38,53H,9,13,16-17,20-22,24H2,1-8H3,(H,45,51)/t26-,28?,29+,30-,31+,36?,38-,42-/m1/s1. The molecule has 2 N–H and O–H groups in total. The number of hydrogen-bond acceptors (Lipinski definition) is 9. The summed E-state index contributed by atoms with van der Waals surface area (Å²) in [6.07, 6.45) is 5.88. The van der Waals surface area contributed by atoms with Crippen LogP contribution in [-0.4, -0.2) is 79.2 Å². The van der Waals surface area contributed by atoms with Gasteiger partial charge in [0.05, 0.1) is 17.8 Å². The number of rotatable bonds is 17. The van der Waals surface area contributed by atoms with Crippen LogP contribution in [-0.2, 0) is 24.0 Å². The Labute approximate surface area is 314 Å². The first-order valence-electron chi connectivity index (χ1n) is 19.1.